The first-order chi connectivity index (χ1) is 8.88. The van der Waals surface area contributed by atoms with E-state index in [1.54, 1.807) is 24.1 Å². The van der Waals surface area contributed by atoms with E-state index in [9.17, 15) is 4.79 Å². The molecule has 1 atom stereocenters. The molecule has 0 saturated carbocycles. The highest BCUT2D eigenvalue weighted by atomic mass is 35.5. The number of hydrogen-bond donors (Lipinski definition) is 1. The summed E-state index contributed by atoms with van der Waals surface area (Å²) in [6, 6.07) is 3.61. The van der Waals surface area contributed by atoms with Crippen LogP contribution in [-0.2, 0) is 0 Å². The lowest BCUT2D eigenvalue weighted by atomic mass is 10.0. The maximum Gasteiger partial charge on any atom is 0.274 e. The van der Waals surface area contributed by atoms with Crippen LogP contribution in [0.1, 0.15) is 38.2 Å². The number of anilines is 1. The summed E-state index contributed by atoms with van der Waals surface area (Å²) in [6.45, 7) is 8.91. The van der Waals surface area contributed by atoms with E-state index >= 15 is 0 Å². The summed E-state index contributed by atoms with van der Waals surface area (Å²) in [5.74, 6) is 0.900. The number of halogens is 1. The normalized spacial score (nSPS) is 12.4. The first kappa shape index (κ1) is 15.8. The second-order valence-electron chi connectivity index (χ2n) is 4.96. The number of aromatic nitrogens is 1. The van der Waals surface area contributed by atoms with Crippen molar-refractivity contribution >= 4 is 23.3 Å². The number of amides is 1. The largest absolute Gasteiger partial charge is 0.370 e. The second kappa shape index (κ2) is 6.75. The highest BCUT2D eigenvalue weighted by Crippen LogP contribution is 2.20. The van der Waals surface area contributed by atoms with Crippen LogP contribution in [0.15, 0.2) is 12.1 Å². The molecule has 0 aromatic carbocycles. The Morgan fingerprint density at radius 3 is 2.58 bits per heavy atom. The molecule has 0 aliphatic carbocycles. The van der Waals surface area contributed by atoms with Gasteiger partial charge in [-0.3, -0.25) is 4.79 Å². The summed E-state index contributed by atoms with van der Waals surface area (Å²) in [6.07, 6.45) is 0. The number of hydrogen-bond acceptors (Lipinski definition) is 3. The molecule has 0 aliphatic rings. The van der Waals surface area contributed by atoms with Gasteiger partial charge in [0.25, 0.3) is 5.91 Å². The van der Waals surface area contributed by atoms with E-state index in [2.05, 4.69) is 24.1 Å². The first-order valence-corrected chi connectivity index (χ1v) is 6.93. The molecular weight excluding hydrogens is 262 g/mol. The fourth-order valence-electron chi connectivity index (χ4n) is 1.67. The highest BCUT2D eigenvalue weighted by molar-refractivity contribution is 6.33. The second-order valence-corrected chi connectivity index (χ2v) is 5.37. The van der Waals surface area contributed by atoms with Crippen LogP contribution < -0.4 is 5.32 Å². The molecule has 1 unspecified atom stereocenters. The third-order valence-electron chi connectivity index (χ3n) is 3.30. The summed E-state index contributed by atoms with van der Waals surface area (Å²) < 4.78 is 0. The van der Waals surface area contributed by atoms with Crippen LogP contribution in [-0.4, -0.2) is 35.4 Å². The van der Waals surface area contributed by atoms with E-state index in [0.717, 1.165) is 6.54 Å². The topological polar surface area (TPSA) is 45.2 Å². The molecule has 5 heteroatoms. The molecule has 0 saturated heterocycles. The first-order valence-electron chi connectivity index (χ1n) is 6.56. The minimum Gasteiger partial charge on any atom is -0.370 e. The fourth-order valence-corrected chi connectivity index (χ4v) is 1.86. The Hall–Kier alpha value is -1.29. The molecule has 1 N–H and O–H groups in total. The van der Waals surface area contributed by atoms with Crippen molar-refractivity contribution in [2.24, 2.45) is 5.92 Å². The molecule has 1 aromatic rings. The van der Waals surface area contributed by atoms with Crippen LogP contribution in [0.25, 0.3) is 0 Å². The summed E-state index contributed by atoms with van der Waals surface area (Å²) in [4.78, 5) is 18.4. The van der Waals surface area contributed by atoms with E-state index in [1.165, 1.54) is 0 Å². The van der Waals surface area contributed by atoms with Crippen LogP contribution in [0.4, 0.5) is 5.82 Å². The molecule has 0 bridgehead atoms. The van der Waals surface area contributed by atoms with Gasteiger partial charge in [-0.05, 0) is 31.9 Å². The van der Waals surface area contributed by atoms with Gasteiger partial charge in [-0.2, -0.15) is 0 Å². The van der Waals surface area contributed by atoms with Crippen molar-refractivity contribution in [1.82, 2.24) is 9.88 Å². The lowest BCUT2D eigenvalue weighted by Gasteiger charge is -2.28. The molecule has 0 aliphatic heterocycles. The zero-order chi connectivity index (χ0) is 14.6. The van der Waals surface area contributed by atoms with Gasteiger partial charge in [-0.1, -0.05) is 25.4 Å². The third kappa shape index (κ3) is 3.83. The number of carbonyl (C=O) groups excluding carboxylic acids is 1. The van der Waals surface area contributed by atoms with Gasteiger partial charge >= 0.3 is 0 Å². The lowest BCUT2D eigenvalue weighted by molar-refractivity contribution is 0.0701. The molecule has 1 rings (SSSR count). The summed E-state index contributed by atoms with van der Waals surface area (Å²) in [5.41, 5.74) is 0.301. The monoisotopic (exact) mass is 283 g/mol. The van der Waals surface area contributed by atoms with Gasteiger partial charge in [0.15, 0.2) is 0 Å². The van der Waals surface area contributed by atoms with Gasteiger partial charge in [-0.15, -0.1) is 0 Å². The predicted molar refractivity (Wildman–Crippen MR) is 79.8 cm³/mol. The van der Waals surface area contributed by atoms with Crippen LogP contribution in [0, 0.1) is 5.92 Å². The van der Waals surface area contributed by atoms with Crippen molar-refractivity contribution in [3.05, 3.63) is 22.8 Å². The van der Waals surface area contributed by atoms with Crippen molar-refractivity contribution < 1.29 is 4.79 Å². The molecule has 4 nitrogen and oxygen atoms in total. The Balaban J connectivity index is 3.01. The molecule has 19 heavy (non-hydrogen) atoms. The molecule has 0 spiro atoms. The third-order valence-corrected chi connectivity index (χ3v) is 3.61. The van der Waals surface area contributed by atoms with Gasteiger partial charge in [-0.25, -0.2) is 4.98 Å². The average molecular weight is 284 g/mol. The average Bonchev–Trinajstić information content (AvgIpc) is 2.38. The van der Waals surface area contributed by atoms with Crippen LogP contribution in [0.3, 0.4) is 0 Å². The molecular formula is C14H22ClN3O. The summed E-state index contributed by atoms with van der Waals surface area (Å²) in [5, 5.41) is 3.46. The minimum absolute atomic E-state index is 0.133. The van der Waals surface area contributed by atoms with E-state index in [-0.39, 0.29) is 11.9 Å². The molecule has 0 fully saturated rings. The van der Waals surface area contributed by atoms with Gasteiger partial charge in [0, 0.05) is 19.6 Å². The Morgan fingerprint density at radius 2 is 2.05 bits per heavy atom. The van der Waals surface area contributed by atoms with Crippen LogP contribution in [0.5, 0.6) is 0 Å². The predicted octanol–water partition coefficient (Wildman–Crippen LogP) is 3.28. The zero-order valence-electron chi connectivity index (χ0n) is 12.2. The molecule has 1 amide bonds. The van der Waals surface area contributed by atoms with Crippen molar-refractivity contribution in [3.8, 4) is 0 Å². The van der Waals surface area contributed by atoms with Gasteiger partial charge in [0.2, 0.25) is 0 Å². The summed E-state index contributed by atoms with van der Waals surface area (Å²) in [7, 11) is 1.78. The Morgan fingerprint density at radius 1 is 1.42 bits per heavy atom. The van der Waals surface area contributed by atoms with Crippen molar-refractivity contribution in [2.75, 3.05) is 18.9 Å². The van der Waals surface area contributed by atoms with Crippen LogP contribution in [0.2, 0.25) is 5.02 Å². The Kier molecular flexibility index (Phi) is 5.60. The number of nitrogens with one attached hydrogen (secondary N) is 1. The smallest absolute Gasteiger partial charge is 0.274 e. The van der Waals surface area contributed by atoms with E-state index in [4.69, 9.17) is 11.6 Å². The number of carbonyl (C=O) groups is 1. The van der Waals surface area contributed by atoms with Crippen molar-refractivity contribution in [1.29, 1.82) is 0 Å². The van der Waals surface area contributed by atoms with Gasteiger partial charge in [0.1, 0.15) is 11.5 Å². The van der Waals surface area contributed by atoms with E-state index in [0.29, 0.717) is 22.5 Å². The SMILES string of the molecule is CCNc1ccc(Cl)c(C(=O)N(C)C(C)C(C)C)n1. The highest BCUT2D eigenvalue weighted by Gasteiger charge is 2.23. The van der Waals surface area contributed by atoms with E-state index in [1.807, 2.05) is 13.8 Å². The fraction of sp³-hybridized carbons (Fsp3) is 0.571. The molecule has 1 aromatic heterocycles. The number of pyridine rings is 1. The quantitative estimate of drug-likeness (QED) is 0.902. The van der Waals surface area contributed by atoms with E-state index < -0.39 is 0 Å². The van der Waals surface area contributed by atoms with Crippen LogP contribution >= 0.6 is 11.6 Å². The number of nitrogens with zero attached hydrogens (tertiary/aromatic N) is 2. The maximum absolute atomic E-state index is 12.4. The summed E-state index contributed by atoms with van der Waals surface area (Å²) >= 11 is 6.08. The molecule has 0 radical (unpaired) electrons. The number of rotatable bonds is 5. The molecule has 106 valence electrons. The minimum atomic E-state index is -0.147. The Bertz CT molecular complexity index is 448. The van der Waals surface area contributed by atoms with Gasteiger partial charge in [0.05, 0.1) is 5.02 Å². The lowest BCUT2D eigenvalue weighted by Crippen LogP contribution is -2.38. The standard InChI is InChI=1S/C14H22ClN3O/c1-6-16-12-8-7-11(15)13(17-12)14(19)18(5)10(4)9(2)3/h7-10H,6H2,1-5H3,(H,16,17). The zero-order valence-corrected chi connectivity index (χ0v) is 13.0. The van der Waals surface area contributed by atoms with Crippen molar-refractivity contribution in [2.45, 2.75) is 33.7 Å². The Labute approximate surface area is 120 Å². The van der Waals surface area contributed by atoms with Gasteiger partial charge < -0.3 is 10.2 Å². The maximum atomic E-state index is 12.4. The van der Waals surface area contributed by atoms with Crippen molar-refractivity contribution in [3.63, 3.8) is 0 Å². The molecule has 1 heterocycles.